The monoisotopic (exact) mass is 280 g/mol. The molecule has 0 aromatic rings. The number of carboxylic acid groups (broad SMARTS) is 1. The number of hydrogen-bond donors (Lipinski definition) is 3. The van der Waals surface area contributed by atoms with Crippen molar-refractivity contribution in [1.82, 2.24) is 10.6 Å². The molecule has 106 valence electrons. The van der Waals surface area contributed by atoms with E-state index in [1.54, 1.807) is 13.8 Å². The number of carbonyl (C=O) groups excluding carboxylic acids is 1. The molecule has 0 heterocycles. The number of sulfone groups is 1. The Balaban J connectivity index is 4.38. The Morgan fingerprint density at radius 2 is 1.67 bits per heavy atom. The van der Waals surface area contributed by atoms with Gasteiger partial charge in [-0.05, 0) is 12.8 Å². The maximum Gasteiger partial charge on any atom is 0.326 e. The van der Waals surface area contributed by atoms with Crippen molar-refractivity contribution < 1.29 is 23.1 Å². The number of carbonyl (C=O) groups is 2. The first-order valence-electron chi connectivity index (χ1n) is 5.50. The van der Waals surface area contributed by atoms with Crippen LogP contribution in [0.5, 0.6) is 0 Å². The van der Waals surface area contributed by atoms with E-state index in [-0.39, 0.29) is 11.7 Å². The average Bonchev–Trinajstić information content (AvgIpc) is 2.09. The van der Waals surface area contributed by atoms with E-state index < -0.39 is 33.9 Å². The molecular weight excluding hydrogens is 260 g/mol. The molecule has 2 amide bonds. The summed E-state index contributed by atoms with van der Waals surface area (Å²) in [7, 11) is -3.19. The normalized spacial score (nSPS) is 14.9. The van der Waals surface area contributed by atoms with E-state index in [0.29, 0.717) is 0 Å². The molecule has 1 unspecified atom stereocenters. The number of hydrogen-bond acceptors (Lipinski definition) is 4. The lowest BCUT2D eigenvalue weighted by atomic mass is 10.1. The zero-order valence-corrected chi connectivity index (χ0v) is 11.7. The molecule has 8 heteroatoms. The van der Waals surface area contributed by atoms with Crippen LogP contribution in [0.1, 0.15) is 20.8 Å². The van der Waals surface area contributed by atoms with Crippen LogP contribution in [-0.2, 0) is 14.6 Å². The Bertz CT molecular complexity index is 404. The first kappa shape index (κ1) is 16.7. The van der Waals surface area contributed by atoms with Crippen LogP contribution in [0.3, 0.4) is 0 Å². The van der Waals surface area contributed by atoms with Gasteiger partial charge in [-0.1, -0.05) is 13.8 Å². The van der Waals surface area contributed by atoms with Crippen LogP contribution in [0.15, 0.2) is 0 Å². The molecule has 0 aromatic heterocycles. The van der Waals surface area contributed by atoms with Gasteiger partial charge in [0.1, 0.15) is 15.9 Å². The summed E-state index contributed by atoms with van der Waals surface area (Å²) in [6.07, 6.45) is 1.07. The molecule has 0 bridgehead atoms. The van der Waals surface area contributed by atoms with Crippen molar-refractivity contribution in [2.75, 3.05) is 12.0 Å². The minimum atomic E-state index is -3.19. The van der Waals surface area contributed by atoms with Crippen molar-refractivity contribution in [3.05, 3.63) is 0 Å². The predicted octanol–water partition coefficient (Wildman–Crippen LogP) is -0.172. The molecule has 0 saturated carbocycles. The van der Waals surface area contributed by atoms with Gasteiger partial charge in [0.2, 0.25) is 0 Å². The maximum absolute atomic E-state index is 11.5. The molecule has 3 N–H and O–H groups in total. The fourth-order valence-electron chi connectivity index (χ4n) is 1.42. The number of nitrogens with one attached hydrogen (secondary N) is 2. The fourth-order valence-corrected chi connectivity index (χ4v) is 2.41. The molecule has 0 aliphatic carbocycles. The smallest absolute Gasteiger partial charge is 0.326 e. The molecule has 2 atom stereocenters. The molecule has 0 aliphatic heterocycles. The highest BCUT2D eigenvalue weighted by Gasteiger charge is 2.24. The summed E-state index contributed by atoms with van der Waals surface area (Å²) in [4.78, 5) is 22.3. The lowest BCUT2D eigenvalue weighted by Gasteiger charge is -2.20. The van der Waals surface area contributed by atoms with Crippen molar-refractivity contribution in [3.63, 3.8) is 0 Å². The molecule has 7 nitrogen and oxygen atoms in total. The lowest BCUT2D eigenvalue weighted by molar-refractivity contribution is -0.140. The summed E-state index contributed by atoms with van der Waals surface area (Å²) >= 11 is 0. The number of aliphatic carboxylic acids is 1. The second kappa shape index (κ2) is 6.58. The highest BCUT2D eigenvalue weighted by atomic mass is 32.2. The summed E-state index contributed by atoms with van der Waals surface area (Å²) < 4.78 is 22.0. The van der Waals surface area contributed by atoms with E-state index in [1.165, 1.54) is 6.92 Å². The highest BCUT2D eigenvalue weighted by Crippen LogP contribution is 2.01. The van der Waals surface area contributed by atoms with Gasteiger partial charge in [0, 0.05) is 12.3 Å². The van der Waals surface area contributed by atoms with Gasteiger partial charge in [-0.15, -0.1) is 0 Å². The summed E-state index contributed by atoms with van der Waals surface area (Å²) in [5.74, 6) is -1.59. The third-order valence-corrected chi connectivity index (χ3v) is 3.26. The van der Waals surface area contributed by atoms with Crippen LogP contribution < -0.4 is 10.6 Å². The van der Waals surface area contributed by atoms with E-state index in [0.717, 1.165) is 6.26 Å². The van der Waals surface area contributed by atoms with Crippen LogP contribution in [0, 0.1) is 5.92 Å². The van der Waals surface area contributed by atoms with E-state index in [2.05, 4.69) is 10.6 Å². The largest absolute Gasteiger partial charge is 0.480 e. The Hall–Kier alpha value is -1.31. The minimum absolute atomic E-state index is 0.195. The quantitative estimate of drug-likeness (QED) is 0.625. The molecular formula is C10H20N2O5S. The zero-order valence-electron chi connectivity index (χ0n) is 10.9. The maximum atomic E-state index is 11.5. The topological polar surface area (TPSA) is 113 Å². The van der Waals surface area contributed by atoms with Gasteiger partial charge in [-0.3, -0.25) is 0 Å². The SMILES string of the molecule is CC(CS(C)(=O)=O)NC(=O)N[C@H](C(=O)O)C(C)C. The van der Waals surface area contributed by atoms with Crippen molar-refractivity contribution in [2.45, 2.75) is 32.9 Å². The molecule has 18 heavy (non-hydrogen) atoms. The number of carboxylic acids is 1. The third kappa shape index (κ3) is 7.10. The zero-order chi connectivity index (χ0) is 14.5. The third-order valence-electron chi connectivity index (χ3n) is 2.15. The summed E-state index contributed by atoms with van der Waals surface area (Å²) in [5.41, 5.74) is 0. The minimum Gasteiger partial charge on any atom is -0.480 e. The average molecular weight is 280 g/mol. The van der Waals surface area contributed by atoms with Crippen LogP contribution in [0.4, 0.5) is 4.79 Å². The van der Waals surface area contributed by atoms with Gasteiger partial charge in [0.15, 0.2) is 0 Å². The molecule has 0 saturated heterocycles. The predicted molar refractivity (Wildman–Crippen MR) is 67.1 cm³/mol. The highest BCUT2D eigenvalue weighted by molar-refractivity contribution is 7.90. The summed E-state index contributed by atoms with van der Waals surface area (Å²) in [6, 6.07) is -2.27. The van der Waals surface area contributed by atoms with Crippen molar-refractivity contribution in [1.29, 1.82) is 0 Å². The second-order valence-electron chi connectivity index (χ2n) is 4.67. The van der Waals surface area contributed by atoms with Gasteiger partial charge in [-0.25, -0.2) is 18.0 Å². The lowest BCUT2D eigenvalue weighted by Crippen LogP contribution is -2.51. The van der Waals surface area contributed by atoms with E-state index in [1.807, 2.05) is 0 Å². The molecule has 0 fully saturated rings. The molecule has 0 aliphatic rings. The van der Waals surface area contributed by atoms with E-state index in [4.69, 9.17) is 5.11 Å². The van der Waals surface area contributed by atoms with E-state index >= 15 is 0 Å². The first-order valence-corrected chi connectivity index (χ1v) is 7.56. The summed E-state index contributed by atoms with van der Waals surface area (Å²) in [5, 5.41) is 13.5. The van der Waals surface area contributed by atoms with Crippen LogP contribution in [0.2, 0.25) is 0 Å². The van der Waals surface area contributed by atoms with Crippen LogP contribution in [-0.4, -0.2) is 49.6 Å². The standard InChI is InChI=1S/C10H20N2O5S/c1-6(2)8(9(13)14)12-10(15)11-7(3)5-18(4,16)17/h6-8H,5H2,1-4H3,(H,13,14)(H2,11,12,15)/t7?,8-/m0/s1. The molecule has 0 spiro atoms. The van der Waals surface area contributed by atoms with E-state index in [9.17, 15) is 18.0 Å². The Morgan fingerprint density at radius 1 is 1.17 bits per heavy atom. The molecule has 0 radical (unpaired) electrons. The number of amides is 2. The Morgan fingerprint density at radius 3 is 2.00 bits per heavy atom. The Labute approximate surface area is 107 Å². The van der Waals surface area contributed by atoms with Crippen LogP contribution >= 0.6 is 0 Å². The molecule has 0 aromatic carbocycles. The van der Waals surface area contributed by atoms with Gasteiger partial charge in [-0.2, -0.15) is 0 Å². The van der Waals surface area contributed by atoms with Gasteiger partial charge < -0.3 is 15.7 Å². The van der Waals surface area contributed by atoms with Crippen molar-refractivity contribution in [3.8, 4) is 0 Å². The summed E-state index contributed by atoms with van der Waals surface area (Å²) in [6.45, 7) is 4.86. The van der Waals surface area contributed by atoms with Gasteiger partial charge in [0.05, 0.1) is 5.75 Å². The van der Waals surface area contributed by atoms with Crippen molar-refractivity contribution in [2.24, 2.45) is 5.92 Å². The Kier molecular flexibility index (Phi) is 6.10. The van der Waals surface area contributed by atoms with Crippen molar-refractivity contribution >= 4 is 21.8 Å². The van der Waals surface area contributed by atoms with Crippen LogP contribution in [0.25, 0.3) is 0 Å². The molecule has 0 rings (SSSR count). The fraction of sp³-hybridized carbons (Fsp3) is 0.800. The van der Waals surface area contributed by atoms with Gasteiger partial charge in [0.25, 0.3) is 0 Å². The first-order chi connectivity index (χ1) is 8.03. The van der Waals surface area contributed by atoms with Gasteiger partial charge >= 0.3 is 12.0 Å². The number of rotatable bonds is 6. The second-order valence-corrected chi connectivity index (χ2v) is 6.86. The number of urea groups is 1.